The summed E-state index contributed by atoms with van der Waals surface area (Å²) in [4.78, 5) is 12.5. The fourth-order valence-corrected chi connectivity index (χ4v) is 4.03. The summed E-state index contributed by atoms with van der Waals surface area (Å²) in [5, 5.41) is 3.16. The second kappa shape index (κ2) is 4.63. The minimum absolute atomic E-state index is 0.0352. The van der Waals surface area contributed by atoms with Crippen LogP contribution in [0.25, 0.3) is 0 Å². The largest absolute Gasteiger partial charge is 0.349 e. The Balaban J connectivity index is 1.84. The van der Waals surface area contributed by atoms with Gasteiger partial charge in [-0.2, -0.15) is 0 Å². The van der Waals surface area contributed by atoms with Gasteiger partial charge in [0.15, 0.2) is 0 Å². The summed E-state index contributed by atoms with van der Waals surface area (Å²) >= 11 is 12.2. The van der Waals surface area contributed by atoms with E-state index in [9.17, 15) is 4.79 Å². The van der Waals surface area contributed by atoms with Crippen LogP contribution < -0.4 is 5.32 Å². The van der Waals surface area contributed by atoms with E-state index in [2.05, 4.69) is 37.4 Å². The number of hydrogen-bond acceptors (Lipinski definition) is 1. The number of benzene rings is 1. The molecule has 0 saturated heterocycles. The van der Waals surface area contributed by atoms with Crippen LogP contribution in [0, 0.1) is 5.41 Å². The highest BCUT2D eigenvalue weighted by atomic mass is 35.5. The average molecular weight is 326 g/mol. The first-order chi connectivity index (χ1) is 9.67. The van der Waals surface area contributed by atoms with E-state index in [0.29, 0.717) is 6.42 Å². The van der Waals surface area contributed by atoms with Gasteiger partial charge in [0.05, 0.1) is 11.5 Å². The summed E-state index contributed by atoms with van der Waals surface area (Å²) in [6.45, 7) is 6.35. The SMILES string of the molecule is CC1(C)CCC(NC(=O)C2(C)CC2(Cl)Cl)c2ccccc21. The topological polar surface area (TPSA) is 29.1 Å². The molecule has 0 radical (unpaired) electrons. The van der Waals surface area contributed by atoms with Gasteiger partial charge in [0.2, 0.25) is 5.91 Å². The minimum atomic E-state index is -0.912. The third kappa shape index (κ3) is 2.37. The highest BCUT2D eigenvalue weighted by Crippen LogP contribution is 2.64. The summed E-state index contributed by atoms with van der Waals surface area (Å²) in [5.41, 5.74) is 2.05. The Bertz CT molecular complexity index is 596. The molecule has 2 nitrogen and oxygen atoms in total. The molecule has 21 heavy (non-hydrogen) atoms. The number of alkyl halides is 2. The summed E-state index contributed by atoms with van der Waals surface area (Å²) in [5.74, 6) is -0.0352. The highest BCUT2D eigenvalue weighted by Gasteiger charge is 2.68. The number of rotatable bonds is 2. The molecule has 114 valence electrons. The van der Waals surface area contributed by atoms with Crippen molar-refractivity contribution in [3.63, 3.8) is 0 Å². The van der Waals surface area contributed by atoms with Crippen LogP contribution in [0.4, 0.5) is 0 Å². The lowest BCUT2D eigenvalue weighted by Gasteiger charge is -2.37. The van der Waals surface area contributed by atoms with E-state index >= 15 is 0 Å². The smallest absolute Gasteiger partial charge is 0.229 e. The third-order valence-electron chi connectivity index (χ3n) is 5.19. The van der Waals surface area contributed by atoms with E-state index in [1.165, 1.54) is 11.1 Å². The van der Waals surface area contributed by atoms with Gasteiger partial charge in [-0.25, -0.2) is 0 Å². The van der Waals surface area contributed by atoms with E-state index in [1.807, 2.05) is 13.0 Å². The van der Waals surface area contributed by atoms with Gasteiger partial charge in [-0.05, 0) is 42.7 Å². The van der Waals surface area contributed by atoms with E-state index in [-0.39, 0.29) is 17.4 Å². The van der Waals surface area contributed by atoms with Crippen LogP contribution in [0.3, 0.4) is 0 Å². The zero-order valence-corrected chi connectivity index (χ0v) is 14.2. The predicted molar refractivity (Wildman–Crippen MR) is 86.7 cm³/mol. The van der Waals surface area contributed by atoms with Gasteiger partial charge in [0, 0.05) is 0 Å². The van der Waals surface area contributed by atoms with Gasteiger partial charge in [0.25, 0.3) is 0 Å². The number of amides is 1. The Hall–Kier alpha value is -0.730. The lowest BCUT2D eigenvalue weighted by Crippen LogP contribution is -2.39. The van der Waals surface area contributed by atoms with Crippen LogP contribution in [0.5, 0.6) is 0 Å². The quantitative estimate of drug-likeness (QED) is 0.797. The van der Waals surface area contributed by atoms with Crippen molar-refractivity contribution in [2.45, 2.75) is 55.8 Å². The van der Waals surface area contributed by atoms with Crippen LogP contribution in [0.2, 0.25) is 0 Å². The second-order valence-electron chi connectivity index (χ2n) is 7.25. The monoisotopic (exact) mass is 325 g/mol. The first kappa shape index (κ1) is 15.2. The zero-order valence-electron chi connectivity index (χ0n) is 12.7. The lowest BCUT2D eigenvalue weighted by molar-refractivity contribution is -0.126. The molecule has 0 aliphatic heterocycles. The maximum Gasteiger partial charge on any atom is 0.229 e. The van der Waals surface area contributed by atoms with Crippen LogP contribution in [0.15, 0.2) is 24.3 Å². The summed E-state index contributed by atoms with van der Waals surface area (Å²) in [6, 6.07) is 8.44. The zero-order chi connectivity index (χ0) is 15.5. The molecular weight excluding hydrogens is 305 g/mol. The molecule has 2 atom stereocenters. The molecule has 1 N–H and O–H groups in total. The first-order valence-electron chi connectivity index (χ1n) is 7.46. The van der Waals surface area contributed by atoms with Crippen LogP contribution in [-0.2, 0) is 10.2 Å². The summed E-state index contributed by atoms with van der Waals surface area (Å²) in [7, 11) is 0. The Morgan fingerprint density at radius 3 is 2.48 bits per heavy atom. The molecule has 2 aliphatic rings. The maximum atomic E-state index is 12.5. The molecule has 0 bridgehead atoms. The fraction of sp³-hybridized carbons (Fsp3) is 0.588. The van der Waals surface area contributed by atoms with Gasteiger partial charge in [-0.15, -0.1) is 23.2 Å². The molecule has 1 saturated carbocycles. The molecule has 2 aliphatic carbocycles. The van der Waals surface area contributed by atoms with E-state index < -0.39 is 9.75 Å². The molecule has 0 aromatic heterocycles. The van der Waals surface area contributed by atoms with Crippen LogP contribution >= 0.6 is 23.2 Å². The van der Waals surface area contributed by atoms with Gasteiger partial charge < -0.3 is 5.32 Å². The van der Waals surface area contributed by atoms with Crippen molar-refractivity contribution in [3.8, 4) is 0 Å². The van der Waals surface area contributed by atoms with Gasteiger partial charge >= 0.3 is 0 Å². The summed E-state index contributed by atoms with van der Waals surface area (Å²) < 4.78 is -0.912. The van der Waals surface area contributed by atoms with Crippen LogP contribution in [-0.4, -0.2) is 10.2 Å². The molecule has 1 fully saturated rings. The average Bonchev–Trinajstić information content (AvgIpc) is 2.94. The van der Waals surface area contributed by atoms with Crippen LogP contribution in [0.1, 0.15) is 57.2 Å². The predicted octanol–water partition coefficient (Wildman–Crippen LogP) is 4.50. The van der Waals surface area contributed by atoms with Crippen molar-refractivity contribution < 1.29 is 4.79 Å². The molecule has 1 aromatic rings. The van der Waals surface area contributed by atoms with Crippen molar-refractivity contribution in [1.29, 1.82) is 0 Å². The summed E-state index contributed by atoms with van der Waals surface area (Å²) in [6.07, 6.45) is 2.52. The van der Waals surface area contributed by atoms with Gasteiger partial charge in [-0.1, -0.05) is 38.1 Å². The van der Waals surface area contributed by atoms with Gasteiger partial charge in [0.1, 0.15) is 4.33 Å². The molecular formula is C17H21Cl2NO. The van der Waals surface area contributed by atoms with E-state index in [1.54, 1.807) is 0 Å². The number of hydrogen-bond donors (Lipinski definition) is 1. The normalized spacial score (nSPS) is 32.1. The molecule has 4 heteroatoms. The number of fused-ring (bicyclic) bond motifs is 1. The van der Waals surface area contributed by atoms with E-state index in [4.69, 9.17) is 23.2 Å². The molecule has 0 heterocycles. The van der Waals surface area contributed by atoms with Crippen molar-refractivity contribution in [3.05, 3.63) is 35.4 Å². The molecule has 2 unspecified atom stereocenters. The highest BCUT2D eigenvalue weighted by molar-refractivity contribution is 6.53. The van der Waals surface area contributed by atoms with Crippen molar-refractivity contribution in [1.82, 2.24) is 5.32 Å². The molecule has 3 rings (SSSR count). The van der Waals surface area contributed by atoms with E-state index in [0.717, 1.165) is 12.8 Å². The number of carbonyl (C=O) groups is 1. The molecule has 1 aromatic carbocycles. The Kier molecular flexibility index (Phi) is 3.35. The fourth-order valence-electron chi connectivity index (χ4n) is 3.33. The number of carbonyl (C=O) groups excluding carboxylic acids is 1. The molecule has 1 amide bonds. The standard InChI is InChI=1S/C17H21Cl2NO/c1-15(2)9-8-13(11-6-4-5-7-12(11)15)20-14(21)16(3)10-17(16,18)19/h4-7,13H,8-10H2,1-3H3,(H,20,21). The Morgan fingerprint density at radius 2 is 1.86 bits per heavy atom. The first-order valence-corrected chi connectivity index (χ1v) is 8.21. The number of nitrogens with one attached hydrogen (secondary N) is 1. The second-order valence-corrected chi connectivity index (χ2v) is 8.73. The number of halogens is 2. The third-order valence-corrected chi connectivity index (χ3v) is 6.29. The lowest BCUT2D eigenvalue weighted by atomic mass is 9.71. The maximum absolute atomic E-state index is 12.5. The minimum Gasteiger partial charge on any atom is -0.349 e. The Labute approximate surface area is 136 Å². The van der Waals surface area contributed by atoms with Crippen molar-refractivity contribution in [2.24, 2.45) is 5.41 Å². The van der Waals surface area contributed by atoms with Gasteiger partial charge in [-0.3, -0.25) is 4.79 Å². The van der Waals surface area contributed by atoms with Crippen molar-refractivity contribution >= 4 is 29.1 Å². The molecule has 0 spiro atoms. The van der Waals surface area contributed by atoms with Crippen molar-refractivity contribution in [2.75, 3.05) is 0 Å². The Morgan fingerprint density at radius 1 is 1.24 bits per heavy atom.